The van der Waals surface area contributed by atoms with Crippen LogP contribution in [0.1, 0.15) is 41.3 Å². The fraction of sp³-hybridized carbons (Fsp3) is 0.357. The molecule has 0 heterocycles. The highest BCUT2D eigenvalue weighted by atomic mass is 35.5. The van der Waals surface area contributed by atoms with E-state index in [0.29, 0.717) is 11.1 Å². The second-order valence-corrected chi connectivity index (χ2v) is 5.42. The van der Waals surface area contributed by atoms with Gasteiger partial charge in [-0.2, -0.15) is 0 Å². The van der Waals surface area contributed by atoms with Gasteiger partial charge in [0.2, 0.25) is 0 Å². The maximum absolute atomic E-state index is 11.1. The Kier molecular flexibility index (Phi) is 6.99. The summed E-state index contributed by atoms with van der Waals surface area (Å²) in [6, 6.07) is 5.05. The van der Waals surface area contributed by atoms with E-state index in [1.807, 2.05) is 0 Å². The van der Waals surface area contributed by atoms with Crippen LogP contribution in [0.5, 0.6) is 0 Å². The lowest BCUT2D eigenvalue weighted by molar-refractivity contribution is 0.108. The van der Waals surface area contributed by atoms with Crippen LogP contribution in [0.4, 0.5) is 0 Å². The quantitative estimate of drug-likeness (QED) is 0.475. The molecular formula is C14H17ClO3S. The standard InChI is InChI=1S/C14H17ClO3S/c1-2-3-4-5-6-11-7-8-12(14(15)16)9-13(11)10-19(17)18/h3-4,7-9H,2,5-6,10H2,1H3,(H,17,18). The van der Waals surface area contributed by atoms with Crippen molar-refractivity contribution >= 4 is 27.9 Å². The Morgan fingerprint density at radius 2 is 2.11 bits per heavy atom. The fourth-order valence-electron chi connectivity index (χ4n) is 1.78. The van der Waals surface area contributed by atoms with Crippen molar-refractivity contribution in [2.75, 3.05) is 0 Å². The molecule has 0 saturated carbocycles. The van der Waals surface area contributed by atoms with Crippen LogP contribution in [0.2, 0.25) is 0 Å². The number of carbonyl (C=O) groups is 1. The van der Waals surface area contributed by atoms with Crippen LogP contribution in [-0.4, -0.2) is 14.0 Å². The van der Waals surface area contributed by atoms with Crippen molar-refractivity contribution < 1.29 is 13.6 Å². The van der Waals surface area contributed by atoms with Crippen LogP contribution in [0, 0.1) is 0 Å². The zero-order chi connectivity index (χ0) is 14.3. The maximum atomic E-state index is 11.1. The summed E-state index contributed by atoms with van der Waals surface area (Å²) in [7, 11) is 0. The van der Waals surface area contributed by atoms with Gasteiger partial charge in [0.25, 0.3) is 5.24 Å². The highest BCUT2D eigenvalue weighted by Crippen LogP contribution is 2.17. The molecule has 0 fully saturated rings. The molecule has 1 aromatic carbocycles. The molecule has 0 radical (unpaired) electrons. The van der Waals surface area contributed by atoms with Gasteiger partial charge in [0, 0.05) is 5.56 Å². The third-order valence-electron chi connectivity index (χ3n) is 2.69. The number of hydrogen-bond acceptors (Lipinski definition) is 2. The molecule has 19 heavy (non-hydrogen) atoms. The topological polar surface area (TPSA) is 54.4 Å². The number of halogens is 1. The highest BCUT2D eigenvalue weighted by molar-refractivity contribution is 7.78. The van der Waals surface area contributed by atoms with Gasteiger partial charge in [-0.05, 0) is 54.1 Å². The maximum Gasteiger partial charge on any atom is 0.252 e. The van der Waals surface area contributed by atoms with Crippen molar-refractivity contribution in [3.8, 4) is 0 Å². The molecule has 1 unspecified atom stereocenters. The minimum absolute atomic E-state index is 0.0187. The minimum Gasteiger partial charge on any atom is -0.306 e. The Morgan fingerprint density at radius 3 is 2.68 bits per heavy atom. The summed E-state index contributed by atoms with van der Waals surface area (Å²) in [5.74, 6) is 0.0187. The van der Waals surface area contributed by atoms with Gasteiger partial charge < -0.3 is 4.55 Å². The van der Waals surface area contributed by atoms with Crippen molar-refractivity contribution in [2.45, 2.75) is 31.9 Å². The molecule has 0 aliphatic carbocycles. The number of rotatable bonds is 7. The van der Waals surface area contributed by atoms with Gasteiger partial charge in [0.1, 0.15) is 0 Å². The molecule has 104 valence electrons. The van der Waals surface area contributed by atoms with E-state index in [-0.39, 0.29) is 5.75 Å². The minimum atomic E-state index is -1.93. The van der Waals surface area contributed by atoms with E-state index < -0.39 is 16.3 Å². The van der Waals surface area contributed by atoms with Gasteiger partial charge in [0.05, 0.1) is 5.75 Å². The van der Waals surface area contributed by atoms with Crippen LogP contribution < -0.4 is 0 Å². The highest BCUT2D eigenvalue weighted by Gasteiger charge is 2.09. The smallest absolute Gasteiger partial charge is 0.252 e. The summed E-state index contributed by atoms with van der Waals surface area (Å²) < 4.78 is 20.0. The van der Waals surface area contributed by atoms with Crippen molar-refractivity contribution in [1.29, 1.82) is 0 Å². The lowest BCUT2D eigenvalue weighted by atomic mass is 10.0. The number of allylic oxidation sites excluding steroid dienone is 2. The molecule has 0 bridgehead atoms. The van der Waals surface area contributed by atoms with Crippen molar-refractivity contribution in [3.63, 3.8) is 0 Å². The normalized spacial score (nSPS) is 12.8. The van der Waals surface area contributed by atoms with E-state index >= 15 is 0 Å². The third-order valence-corrected chi connectivity index (χ3v) is 3.47. The van der Waals surface area contributed by atoms with Crippen LogP contribution in [0.3, 0.4) is 0 Å². The van der Waals surface area contributed by atoms with Crippen molar-refractivity contribution in [1.82, 2.24) is 0 Å². The zero-order valence-corrected chi connectivity index (χ0v) is 12.3. The number of aryl methyl sites for hydroxylation is 1. The molecule has 0 aliphatic heterocycles. The molecule has 1 aromatic rings. The molecule has 5 heteroatoms. The molecule has 0 amide bonds. The second-order valence-electron chi connectivity index (χ2n) is 4.14. The predicted molar refractivity (Wildman–Crippen MR) is 78.9 cm³/mol. The van der Waals surface area contributed by atoms with Gasteiger partial charge in [-0.25, -0.2) is 4.21 Å². The second kappa shape index (κ2) is 8.25. The van der Waals surface area contributed by atoms with Crippen LogP contribution in [0.25, 0.3) is 0 Å². The number of benzene rings is 1. The average Bonchev–Trinajstić information content (AvgIpc) is 2.35. The third kappa shape index (κ3) is 5.68. The summed E-state index contributed by atoms with van der Waals surface area (Å²) in [5, 5.41) is -0.553. The summed E-state index contributed by atoms with van der Waals surface area (Å²) in [6.07, 6.45) is 6.81. The summed E-state index contributed by atoms with van der Waals surface area (Å²) in [4.78, 5) is 11.1. The van der Waals surface area contributed by atoms with Crippen LogP contribution in [0.15, 0.2) is 30.4 Å². The van der Waals surface area contributed by atoms with Gasteiger partial charge in [-0.15, -0.1) is 0 Å². The number of hydrogen-bond donors (Lipinski definition) is 1. The first-order valence-corrected chi connectivity index (χ1v) is 7.74. The van der Waals surface area contributed by atoms with Crippen LogP contribution >= 0.6 is 11.6 Å². The Balaban J connectivity index is 2.91. The van der Waals surface area contributed by atoms with E-state index in [9.17, 15) is 9.00 Å². The Hall–Kier alpha value is -0.970. The van der Waals surface area contributed by atoms with Gasteiger partial charge in [-0.1, -0.05) is 25.1 Å². The largest absolute Gasteiger partial charge is 0.306 e. The first-order valence-electron chi connectivity index (χ1n) is 6.08. The Labute approximate surface area is 121 Å². The lowest BCUT2D eigenvalue weighted by Crippen LogP contribution is -2.01. The van der Waals surface area contributed by atoms with E-state index in [1.54, 1.807) is 18.2 Å². The van der Waals surface area contributed by atoms with E-state index in [2.05, 4.69) is 19.1 Å². The fourth-order valence-corrected chi connectivity index (χ4v) is 2.44. The SMILES string of the molecule is CCC=CCCc1ccc(C(=O)Cl)cc1CS(=O)O. The van der Waals surface area contributed by atoms with Crippen LogP contribution in [-0.2, 0) is 23.3 Å². The molecule has 0 saturated heterocycles. The Bertz CT molecular complexity index is 497. The molecule has 3 nitrogen and oxygen atoms in total. The molecular weight excluding hydrogens is 284 g/mol. The van der Waals surface area contributed by atoms with Gasteiger partial charge >= 0.3 is 0 Å². The summed E-state index contributed by atoms with van der Waals surface area (Å²) in [6.45, 7) is 2.07. The van der Waals surface area contributed by atoms with Gasteiger partial charge in [0.15, 0.2) is 11.1 Å². The molecule has 0 aromatic heterocycles. The van der Waals surface area contributed by atoms with E-state index in [4.69, 9.17) is 16.2 Å². The molecule has 0 spiro atoms. The Morgan fingerprint density at radius 1 is 1.37 bits per heavy atom. The molecule has 1 N–H and O–H groups in total. The molecule has 1 atom stereocenters. The number of carbonyl (C=O) groups excluding carboxylic acids is 1. The average molecular weight is 301 g/mol. The van der Waals surface area contributed by atoms with Crippen molar-refractivity contribution in [2.24, 2.45) is 0 Å². The van der Waals surface area contributed by atoms with E-state index in [0.717, 1.165) is 24.8 Å². The van der Waals surface area contributed by atoms with Gasteiger partial charge in [-0.3, -0.25) is 4.79 Å². The molecule has 0 aliphatic rings. The lowest BCUT2D eigenvalue weighted by Gasteiger charge is -2.08. The zero-order valence-electron chi connectivity index (χ0n) is 10.8. The van der Waals surface area contributed by atoms with E-state index in [1.165, 1.54) is 0 Å². The monoisotopic (exact) mass is 300 g/mol. The first-order chi connectivity index (χ1) is 9.04. The molecule has 1 rings (SSSR count). The summed E-state index contributed by atoms with van der Waals surface area (Å²) in [5.41, 5.74) is 2.04. The van der Waals surface area contributed by atoms with Crippen molar-refractivity contribution in [3.05, 3.63) is 47.0 Å². The summed E-state index contributed by atoms with van der Waals surface area (Å²) >= 11 is 3.49. The first kappa shape index (κ1) is 16.1. The predicted octanol–water partition coefficient (Wildman–Crippen LogP) is 3.69.